The van der Waals surface area contributed by atoms with E-state index in [0.717, 1.165) is 16.1 Å². The molecule has 1 aromatic carbocycles. The van der Waals surface area contributed by atoms with Gasteiger partial charge in [0.2, 0.25) is 5.91 Å². The van der Waals surface area contributed by atoms with Crippen LogP contribution in [0, 0.1) is 0 Å². The highest BCUT2D eigenvalue weighted by Crippen LogP contribution is 2.26. The zero-order valence-electron chi connectivity index (χ0n) is 16.4. The van der Waals surface area contributed by atoms with Crippen molar-refractivity contribution >= 4 is 17.2 Å². The molecular formula is C22H23N3O4S. The molecule has 1 aliphatic heterocycles. The van der Waals surface area contributed by atoms with E-state index in [1.165, 1.54) is 0 Å². The third kappa shape index (κ3) is 4.95. The quantitative estimate of drug-likeness (QED) is 0.540. The molecule has 0 radical (unpaired) electrons. The van der Waals surface area contributed by atoms with Crippen LogP contribution in [-0.2, 0) is 35.5 Å². The smallest absolute Gasteiger partial charge is 0.256 e. The summed E-state index contributed by atoms with van der Waals surface area (Å²) >= 11 is 1.59. The van der Waals surface area contributed by atoms with E-state index in [9.17, 15) is 14.7 Å². The number of nitrogens with one attached hydrogen (secondary N) is 2. The third-order valence-corrected chi connectivity index (χ3v) is 6.01. The van der Waals surface area contributed by atoms with Crippen LogP contribution >= 0.6 is 11.3 Å². The van der Waals surface area contributed by atoms with Crippen molar-refractivity contribution in [3.8, 4) is 5.75 Å². The first-order valence-corrected chi connectivity index (χ1v) is 10.7. The average molecular weight is 426 g/mol. The minimum Gasteiger partial charge on any atom is -0.508 e. The predicted molar refractivity (Wildman–Crippen MR) is 114 cm³/mol. The molecule has 1 aliphatic rings. The number of amides is 1. The minimum atomic E-state index is -0.235. The fraction of sp³-hybridized carbons (Fsp3) is 0.318. The van der Waals surface area contributed by atoms with E-state index in [-0.39, 0.29) is 36.2 Å². The zero-order chi connectivity index (χ0) is 20.9. The van der Waals surface area contributed by atoms with Crippen LogP contribution in [0.2, 0.25) is 0 Å². The van der Waals surface area contributed by atoms with Gasteiger partial charge in [-0.2, -0.15) is 0 Å². The van der Waals surface area contributed by atoms with Gasteiger partial charge in [0.25, 0.3) is 5.56 Å². The first-order chi connectivity index (χ1) is 14.6. The number of rotatable bonds is 7. The molecule has 0 fully saturated rings. The molecule has 1 unspecified atom stereocenters. The number of ether oxygens (including phenoxy) is 1. The van der Waals surface area contributed by atoms with Gasteiger partial charge in [-0.15, -0.1) is 11.3 Å². The lowest BCUT2D eigenvalue weighted by Crippen LogP contribution is -2.27. The number of aromatic hydroxyl groups is 1. The fourth-order valence-corrected chi connectivity index (χ4v) is 4.25. The highest BCUT2D eigenvalue weighted by Gasteiger charge is 2.21. The SMILES string of the molecule is O=C(CC(Cc1nc2c(c(=O)[nH]1)COCC2)c1cccc(O)c1)NCc1cccs1. The second kappa shape index (κ2) is 9.23. The number of aromatic amines is 1. The summed E-state index contributed by atoms with van der Waals surface area (Å²) < 4.78 is 5.35. The Morgan fingerprint density at radius 3 is 3.03 bits per heavy atom. The highest BCUT2D eigenvalue weighted by molar-refractivity contribution is 7.09. The summed E-state index contributed by atoms with van der Waals surface area (Å²) in [7, 11) is 0. The van der Waals surface area contributed by atoms with E-state index in [2.05, 4.69) is 15.3 Å². The Balaban J connectivity index is 1.54. The highest BCUT2D eigenvalue weighted by atomic mass is 32.1. The lowest BCUT2D eigenvalue weighted by molar-refractivity contribution is -0.121. The molecule has 0 spiro atoms. The summed E-state index contributed by atoms with van der Waals surface area (Å²) in [6, 6.07) is 10.8. The standard InChI is InChI=1S/C22H23N3O4S/c26-16-4-1-3-14(9-16)15(11-21(27)23-12-17-5-2-8-30-17)10-20-24-19-6-7-29-13-18(19)22(28)25-20/h1-5,8-9,15,26H,6-7,10-13H2,(H,23,27)(H,24,25,28). The Morgan fingerprint density at radius 2 is 2.23 bits per heavy atom. The number of phenols is 1. The molecule has 0 bridgehead atoms. The van der Waals surface area contributed by atoms with Crippen molar-refractivity contribution in [2.75, 3.05) is 6.61 Å². The Kier molecular flexibility index (Phi) is 6.25. The van der Waals surface area contributed by atoms with Crippen molar-refractivity contribution in [3.05, 3.63) is 79.7 Å². The van der Waals surface area contributed by atoms with Crippen molar-refractivity contribution in [1.29, 1.82) is 0 Å². The fourth-order valence-electron chi connectivity index (χ4n) is 3.61. The molecule has 30 heavy (non-hydrogen) atoms. The molecule has 0 saturated carbocycles. The van der Waals surface area contributed by atoms with Crippen molar-refractivity contribution < 1.29 is 14.6 Å². The molecule has 7 nitrogen and oxygen atoms in total. The van der Waals surface area contributed by atoms with Crippen LogP contribution in [0.5, 0.6) is 5.75 Å². The van der Waals surface area contributed by atoms with Crippen LogP contribution in [0.4, 0.5) is 0 Å². The van der Waals surface area contributed by atoms with E-state index < -0.39 is 0 Å². The summed E-state index contributed by atoms with van der Waals surface area (Å²) in [4.78, 5) is 33.6. The molecule has 156 valence electrons. The second-order valence-electron chi connectivity index (χ2n) is 7.30. The summed E-state index contributed by atoms with van der Waals surface area (Å²) in [6.45, 7) is 1.31. The monoisotopic (exact) mass is 425 g/mol. The number of fused-ring (bicyclic) bond motifs is 1. The Hall–Kier alpha value is -2.97. The molecule has 4 rings (SSSR count). The molecular weight excluding hydrogens is 402 g/mol. The van der Waals surface area contributed by atoms with Crippen LogP contribution in [0.15, 0.2) is 46.6 Å². The van der Waals surface area contributed by atoms with Crippen LogP contribution < -0.4 is 10.9 Å². The normalized spacial score (nSPS) is 14.1. The summed E-state index contributed by atoms with van der Waals surface area (Å²) in [5.41, 5.74) is 1.97. The number of hydrogen-bond acceptors (Lipinski definition) is 6. The first-order valence-electron chi connectivity index (χ1n) is 9.85. The number of benzene rings is 1. The van der Waals surface area contributed by atoms with Crippen LogP contribution in [0.3, 0.4) is 0 Å². The summed E-state index contributed by atoms with van der Waals surface area (Å²) in [6.07, 6.45) is 1.21. The number of nitrogens with zero attached hydrogens (tertiary/aromatic N) is 1. The van der Waals surface area contributed by atoms with Gasteiger partial charge in [0.05, 0.1) is 31.0 Å². The zero-order valence-corrected chi connectivity index (χ0v) is 17.2. The van der Waals surface area contributed by atoms with Gasteiger partial charge in [-0.1, -0.05) is 18.2 Å². The molecule has 8 heteroatoms. The molecule has 0 saturated heterocycles. The Morgan fingerprint density at radius 1 is 1.33 bits per heavy atom. The topological polar surface area (TPSA) is 104 Å². The van der Waals surface area contributed by atoms with E-state index in [4.69, 9.17) is 4.74 Å². The van der Waals surface area contributed by atoms with Crippen molar-refractivity contribution in [3.63, 3.8) is 0 Å². The first kappa shape index (κ1) is 20.3. The lowest BCUT2D eigenvalue weighted by Gasteiger charge is -2.19. The number of carbonyl (C=O) groups is 1. The van der Waals surface area contributed by atoms with Crippen molar-refractivity contribution in [2.24, 2.45) is 0 Å². The predicted octanol–water partition coefficient (Wildman–Crippen LogP) is 2.64. The van der Waals surface area contributed by atoms with E-state index in [1.807, 2.05) is 23.6 Å². The van der Waals surface area contributed by atoms with Gasteiger partial charge in [-0.05, 0) is 35.1 Å². The molecule has 0 aliphatic carbocycles. The number of hydrogen-bond donors (Lipinski definition) is 3. The van der Waals surface area contributed by atoms with Crippen molar-refractivity contribution in [2.45, 2.75) is 38.3 Å². The number of H-pyrrole nitrogens is 1. The molecule has 3 N–H and O–H groups in total. The number of phenolic OH excluding ortho intramolecular Hbond substituents is 1. The van der Waals surface area contributed by atoms with Gasteiger partial charge in [-0.3, -0.25) is 9.59 Å². The van der Waals surface area contributed by atoms with Crippen LogP contribution in [-0.4, -0.2) is 27.6 Å². The Labute approximate surface area is 177 Å². The maximum Gasteiger partial charge on any atom is 0.256 e. The van der Waals surface area contributed by atoms with E-state index in [0.29, 0.717) is 37.4 Å². The van der Waals surface area contributed by atoms with Gasteiger partial charge in [-0.25, -0.2) is 4.98 Å². The maximum absolute atomic E-state index is 12.6. The van der Waals surface area contributed by atoms with Gasteiger partial charge in [0, 0.05) is 24.1 Å². The van der Waals surface area contributed by atoms with Gasteiger partial charge < -0.3 is 20.1 Å². The van der Waals surface area contributed by atoms with Gasteiger partial charge in [0.15, 0.2) is 0 Å². The molecule has 2 aromatic heterocycles. The number of thiophene rings is 1. The molecule has 3 heterocycles. The third-order valence-electron chi connectivity index (χ3n) is 5.13. The summed E-state index contributed by atoms with van der Waals surface area (Å²) in [5.74, 6) is 0.354. The molecule has 1 atom stereocenters. The Bertz CT molecular complexity index is 1080. The lowest BCUT2D eigenvalue weighted by atomic mass is 9.91. The number of carbonyl (C=O) groups excluding carboxylic acids is 1. The minimum absolute atomic E-state index is 0.0922. The van der Waals surface area contributed by atoms with E-state index in [1.54, 1.807) is 29.5 Å². The van der Waals surface area contributed by atoms with Crippen LogP contribution in [0.1, 0.15) is 39.9 Å². The van der Waals surface area contributed by atoms with Crippen molar-refractivity contribution in [1.82, 2.24) is 15.3 Å². The maximum atomic E-state index is 12.6. The second-order valence-corrected chi connectivity index (χ2v) is 8.33. The largest absolute Gasteiger partial charge is 0.508 e. The molecule has 1 amide bonds. The van der Waals surface area contributed by atoms with Crippen LogP contribution in [0.25, 0.3) is 0 Å². The van der Waals surface area contributed by atoms with Gasteiger partial charge in [0.1, 0.15) is 11.6 Å². The summed E-state index contributed by atoms with van der Waals surface area (Å²) in [5, 5.41) is 14.8. The van der Waals surface area contributed by atoms with E-state index >= 15 is 0 Å². The molecule has 3 aromatic rings. The van der Waals surface area contributed by atoms with Gasteiger partial charge >= 0.3 is 0 Å². The number of aromatic nitrogens is 2. The average Bonchev–Trinajstić information content (AvgIpc) is 3.26.